The molecule has 0 aliphatic carbocycles. The predicted molar refractivity (Wildman–Crippen MR) is 218 cm³/mol. The molecule has 0 aromatic carbocycles. The summed E-state index contributed by atoms with van der Waals surface area (Å²) >= 11 is 0. The maximum absolute atomic E-state index is 13.4. The number of allylic oxidation sites excluding steroid dienone is 3. The zero-order valence-corrected chi connectivity index (χ0v) is 37.4. The van der Waals surface area contributed by atoms with Gasteiger partial charge in [0.25, 0.3) is 0 Å². The van der Waals surface area contributed by atoms with Crippen molar-refractivity contribution in [3.05, 3.63) is 24.3 Å². The zero-order chi connectivity index (χ0) is 44.9. The third kappa shape index (κ3) is 14.8. The first-order valence-electron chi connectivity index (χ1n) is 21.3. The molecule has 0 saturated carbocycles. The van der Waals surface area contributed by atoms with Gasteiger partial charge in [-0.05, 0) is 72.5 Å². The van der Waals surface area contributed by atoms with E-state index in [9.17, 15) is 34.2 Å². The Morgan fingerprint density at radius 2 is 1.70 bits per heavy atom. The smallest absolute Gasteiger partial charge is 0.309 e. The highest BCUT2D eigenvalue weighted by molar-refractivity contribution is 5.91. The number of cyclic esters (lactones) is 1. The summed E-state index contributed by atoms with van der Waals surface area (Å²) in [5.74, 6) is -3.18. The lowest BCUT2D eigenvalue weighted by Gasteiger charge is -2.50. The highest BCUT2D eigenvalue weighted by Gasteiger charge is 2.53. The second kappa shape index (κ2) is 23.9. The molecule has 60 heavy (non-hydrogen) atoms. The lowest BCUT2D eigenvalue weighted by atomic mass is 9.83. The average Bonchev–Trinajstić information content (AvgIpc) is 3.13. The van der Waals surface area contributed by atoms with Crippen molar-refractivity contribution in [3.8, 4) is 0 Å². The summed E-state index contributed by atoms with van der Waals surface area (Å²) < 4.78 is 49.0. The van der Waals surface area contributed by atoms with E-state index in [-0.39, 0.29) is 43.8 Å². The van der Waals surface area contributed by atoms with Gasteiger partial charge in [-0.25, -0.2) is 0 Å². The van der Waals surface area contributed by atoms with Gasteiger partial charge in [-0.2, -0.15) is 0 Å². The Morgan fingerprint density at radius 1 is 1.00 bits per heavy atom. The van der Waals surface area contributed by atoms with Gasteiger partial charge in [-0.3, -0.25) is 19.2 Å². The first-order valence-corrected chi connectivity index (χ1v) is 21.3. The Hall–Kier alpha value is -3.09. The van der Waals surface area contributed by atoms with Crippen molar-refractivity contribution in [2.24, 2.45) is 17.8 Å². The Kier molecular flexibility index (Phi) is 20.5. The number of aliphatic hydroxyl groups is 2. The van der Waals surface area contributed by atoms with Gasteiger partial charge in [0.15, 0.2) is 24.5 Å². The number of aliphatic hydroxyl groups excluding tert-OH is 1. The Morgan fingerprint density at radius 3 is 2.30 bits per heavy atom. The number of ether oxygens (including phenoxy) is 8. The molecule has 2 N–H and O–H groups in total. The average molecular weight is 854 g/mol. The van der Waals surface area contributed by atoms with Crippen molar-refractivity contribution in [2.75, 3.05) is 21.2 Å². The summed E-state index contributed by atoms with van der Waals surface area (Å²) in [6.45, 7) is 14.0. The van der Waals surface area contributed by atoms with Crippen LogP contribution in [0.15, 0.2) is 24.3 Å². The molecular weight excluding hydrogens is 782 g/mol. The van der Waals surface area contributed by atoms with Gasteiger partial charge in [0.2, 0.25) is 0 Å². The van der Waals surface area contributed by atoms with Crippen molar-refractivity contribution in [1.29, 1.82) is 0 Å². The number of carbonyl (C=O) groups is 5. The van der Waals surface area contributed by atoms with Crippen LogP contribution in [0.2, 0.25) is 0 Å². The minimum atomic E-state index is -1.51. The minimum absolute atomic E-state index is 0.0525. The summed E-state index contributed by atoms with van der Waals surface area (Å²) in [4.78, 5) is 66.4. The van der Waals surface area contributed by atoms with Gasteiger partial charge in [0, 0.05) is 45.1 Å². The molecule has 0 unspecified atom stereocenters. The van der Waals surface area contributed by atoms with Crippen molar-refractivity contribution >= 4 is 30.0 Å². The number of hydrogen-bond donors (Lipinski definition) is 2. The summed E-state index contributed by atoms with van der Waals surface area (Å²) in [5.41, 5.74) is -1.51. The van der Waals surface area contributed by atoms with E-state index in [0.29, 0.717) is 19.1 Å². The number of likely N-dealkylation sites (N-methyl/N-ethyl adjacent to an activating group) is 1. The van der Waals surface area contributed by atoms with E-state index in [4.69, 9.17) is 37.9 Å². The van der Waals surface area contributed by atoms with Gasteiger partial charge in [0.05, 0.1) is 30.8 Å². The van der Waals surface area contributed by atoms with Crippen LogP contribution in [0, 0.1) is 17.8 Å². The second-order valence-corrected chi connectivity index (χ2v) is 17.4. The van der Waals surface area contributed by atoms with E-state index < -0.39 is 115 Å². The van der Waals surface area contributed by atoms with E-state index in [1.54, 1.807) is 71.8 Å². The minimum Gasteiger partial charge on any atom is -0.462 e. The van der Waals surface area contributed by atoms with Crippen LogP contribution in [0.5, 0.6) is 0 Å². The third-order valence-electron chi connectivity index (χ3n) is 11.2. The van der Waals surface area contributed by atoms with Crippen LogP contribution in [0.3, 0.4) is 0 Å². The molecule has 342 valence electrons. The lowest BCUT2D eigenvalue weighted by Crippen LogP contribution is -2.66. The van der Waals surface area contributed by atoms with Crippen molar-refractivity contribution in [2.45, 2.75) is 186 Å². The van der Waals surface area contributed by atoms with Crippen LogP contribution in [0.1, 0.15) is 107 Å². The topological polar surface area (TPSA) is 203 Å². The number of esters is 3. The molecule has 0 aromatic rings. The van der Waals surface area contributed by atoms with Crippen LogP contribution in [0.4, 0.5) is 0 Å². The normalized spacial score (nSPS) is 38.5. The summed E-state index contributed by atoms with van der Waals surface area (Å²) in [6.07, 6.45) is -3.43. The van der Waals surface area contributed by atoms with Gasteiger partial charge < -0.3 is 57.8 Å². The number of aldehydes is 1. The van der Waals surface area contributed by atoms with Gasteiger partial charge in [-0.15, -0.1) is 0 Å². The number of carbonyl (C=O) groups excluding carboxylic acids is 5. The zero-order valence-electron chi connectivity index (χ0n) is 37.4. The number of ketones is 1. The lowest BCUT2D eigenvalue weighted by molar-refractivity contribution is -0.344. The molecule has 15 atom stereocenters. The molecule has 16 heteroatoms. The molecule has 3 aliphatic heterocycles. The summed E-state index contributed by atoms with van der Waals surface area (Å²) in [5, 5.41) is 23.6. The third-order valence-corrected chi connectivity index (χ3v) is 11.2. The van der Waals surface area contributed by atoms with Gasteiger partial charge in [-0.1, -0.05) is 45.9 Å². The fourth-order valence-corrected chi connectivity index (χ4v) is 8.20. The van der Waals surface area contributed by atoms with E-state index in [2.05, 4.69) is 0 Å². The molecule has 2 fully saturated rings. The molecule has 0 aromatic heterocycles. The molecular formula is C44H71NO15. The SMILES string of the molecule is CCCC(=O)O[C@@H]1CC(=O)O[C@H](C)C/C=C/C=C/C(=O)[C@H](C)C[C@H](CC=O)[C@@H](O[C@H]2O[C@@H](C)[C@H](O[C@H]3C[C@@](C)(O)[C@H](OC(=O)CC(C)C)[C@@H](C)O3)[C@@H](N(C)C)[C@@H]2O)[C@@H]1OC. The fourth-order valence-electron chi connectivity index (χ4n) is 8.20. The Bertz CT molecular complexity index is 1460. The van der Waals surface area contributed by atoms with Gasteiger partial charge >= 0.3 is 17.9 Å². The number of nitrogens with zero attached hydrogens (tertiary/aromatic N) is 1. The van der Waals surface area contributed by atoms with Crippen molar-refractivity contribution in [1.82, 2.24) is 4.90 Å². The molecule has 3 heterocycles. The molecule has 3 rings (SSSR count). The molecule has 2 saturated heterocycles. The van der Waals surface area contributed by atoms with E-state index in [1.165, 1.54) is 13.2 Å². The summed E-state index contributed by atoms with van der Waals surface area (Å²) in [7, 11) is 4.85. The second-order valence-electron chi connectivity index (χ2n) is 17.4. The van der Waals surface area contributed by atoms with Gasteiger partial charge in [0.1, 0.15) is 42.4 Å². The van der Waals surface area contributed by atoms with Crippen LogP contribution < -0.4 is 0 Å². The molecule has 16 nitrogen and oxygen atoms in total. The highest BCUT2D eigenvalue weighted by atomic mass is 16.7. The molecule has 0 radical (unpaired) electrons. The quantitative estimate of drug-likeness (QED) is 0.144. The fraction of sp³-hybridized carbons (Fsp3) is 0.795. The predicted octanol–water partition coefficient (Wildman–Crippen LogP) is 4.00. The van der Waals surface area contributed by atoms with Crippen LogP contribution in [-0.2, 0) is 61.9 Å². The molecule has 0 bridgehead atoms. The maximum atomic E-state index is 13.4. The largest absolute Gasteiger partial charge is 0.462 e. The van der Waals surface area contributed by atoms with E-state index in [1.807, 2.05) is 20.8 Å². The van der Waals surface area contributed by atoms with E-state index in [0.717, 1.165) is 0 Å². The highest BCUT2D eigenvalue weighted by Crippen LogP contribution is 2.37. The molecule has 0 spiro atoms. The number of rotatable bonds is 14. The first kappa shape index (κ1) is 51.3. The number of methoxy groups -OCH3 is 1. The standard InChI is InChI=1S/C44H71NO15/c1-12-16-33(48)57-32-23-35(50)54-27(5)17-14-13-15-18-31(47)26(4)22-30(19-20-46)40(41(32)53-11)60-43-38(51)37(45(9)10)39(28(6)56-43)59-36-24-44(8,52)42(29(7)55-36)58-34(49)21-25(2)3/h13-15,18,20,25-30,32,36-43,51-52H,12,16-17,19,21-24H2,1-11H3/b14-13+,18-15+/t26-,27-,28+,29-,30+,32-,36+,37+,38+,39+,40-,41-,42-,43-,44-/m1/s1. The number of hydrogen-bond acceptors (Lipinski definition) is 16. The molecule has 0 amide bonds. The van der Waals surface area contributed by atoms with Crippen LogP contribution >= 0.6 is 0 Å². The van der Waals surface area contributed by atoms with E-state index >= 15 is 0 Å². The van der Waals surface area contributed by atoms with Crippen LogP contribution in [-0.4, -0.2) is 145 Å². The van der Waals surface area contributed by atoms with Crippen molar-refractivity contribution < 1.29 is 72.1 Å². The Labute approximate surface area is 355 Å². The maximum Gasteiger partial charge on any atom is 0.309 e. The van der Waals surface area contributed by atoms with Crippen LogP contribution in [0.25, 0.3) is 0 Å². The molecule has 3 aliphatic rings. The Balaban J connectivity index is 2.01. The monoisotopic (exact) mass is 853 g/mol. The summed E-state index contributed by atoms with van der Waals surface area (Å²) in [6, 6.07) is -0.797. The van der Waals surface area contributed by atoms with Crippen molar-refractivity contribution in [3.63, 3.8) is 0 Å². The first-order chi connectivity index (χ1) is 28.2.